The minimum atomic E-state index is -1.11. The molecule has 0 bridgehead atoms. The fraction of sp³-hybridized carbons (Fsp3) is 0.464. The van der Waals surface area contributed by atoms with Gasteiger partial charge in [-0.05, 0) is 69.7 Å². The van der Waals surface area contributed by atoms with Crippen molar-refractivity contribution in [3.05, 3.63) is 59.7 Å². The van der Waals surface area contributed by atoms with Crippen LogP contribution in [0.3, 0.4) is 0 Å². The monoisotopic (exact) mass is 480 g/mol. The quantitative estimate of drug-likeness (QED) is 0.439. The van der Waals surface area contributed by atoms with Crippen molar-refractivity contribution in [2.24, 2.45) is 5.41 Å². The molecule has 3 N–H and O–H groups in total. The smallest absolute Gasteiger partial charge is 0.407 e. The molecule has 2 aromatic carbocycles. The van der Waals surface area contributed by atoms with Crippen molar-refractivity contribution in [3.8, 4) is 11.1 Å². The van der Waals surface area contributed by atoms with Gasteiger partial charge in [-0.25, -0.2) is 4.79 Å². The second-order valence-electron chi connectivity index (χ2n) is 10.4. The Hall–Kier alpha value is -3.35. The highest BCUT2D eigenvalue weighted by atomic mass is 16.5. The van der Waals surface area contributed by atoms with Crippen molar-refractivity contribution in [2.45, 2.75) is 71.4 Å². The molecule has 0 radical (unpaired) electrons. The first-order valence-electron chi connectivity index (χ1n) is 12.1. The Morgan fingerprint density at radius 1 is 0.971 bits per heavy atom. The van der Waals surface area contributed by atoms with Gasteiger partial charge in [-0.15, -0.1) is 0 Å². The number of hydrogen-bond donors (Lipinski definition) is 3. The molecule has 2 aromatic rings. The Bertz CT molecular complexity index is 1050. The molecule has 1 atom stereocenters. The van der Waals surface area contributed by atoms with Crippen molar-refractivity contribution in [1.29, 1.82) is 0 Å². The lowest BCUT2D eigenvalue weighted by atomic mass is 9.74. The SMILES string of the molecule is CC(CCCC(=O)NC(C)(C)C(C)(C)C(=O)O)NC(=O)OCC1c2ccccc2-c2ccccc21. The Balaban J connectivity index is 1.44. The molecule has 0 saturated carbocycles. The van der Waals surface area contributed by atoms with Gasteiger partial charge in [0.2, 0.25) is 5.91 Å². The van der Waals surface area contributed by atoms with E-state index in [4.69, 9.17) is 4.74 Å². The molecule has 1 aliphatic rings. The number of rotatable bonds is 10. The van der Waals surface area contributed by atoms with Gasteiger partial charge in [0.05, 0.1) is 5.41 Å². The van der Waals surface area contributed by atoms with E-state index in [1.807, 2.05) is 31.2 Å². The average molecular weight is 481 g/mol. The van der Waals surface area contributed by atoms with Crippen LogP contribution in [0.2, 0.25) is 0 Å². The summed E-state index contributed by atoms with van der Waals surface area (Å²) in [5.74, 6) is -1.17. The fourth-order valence-electron chi connectivity index (χ4n) is 4.32. The molecule has 0 aromatic heterocycles. The molecule has 3 rings (SSSR count). The maximum atomic E-state index is 12.4. The first-order valence-corrected chi connectivity index (χ1v) is 12.1. The summed E-state index contributed by atoms with van der Waals surface area (Å²) in [5.41, 5.74) is 2.67. The molecule has 1 unspecified atom stereocenters. The summed E-state index contributed by atoms with van der Waals surface area (Å²) in [4.78, 5) is 36.3. The van der Waals surface area contributed by atoms with Crippen molar-refractivity contribution in [3.63, 3.8) is 0 Å². The van der Waals surface area contributed by atoms with E-state index < -0.39 is 23.0 Å². The topological polar surface area (TPSA) is 105 Å². The van der Waals surface area contributed by atoms with Gasteiger partial charge in [-0.3, -0.25) is 9.59 Å². The van der Waals surface area contributed by atoms with Gasteiger partial charge < -0.3 is 20.5 Å². The Labute approximate surface area is 207 Å². The Morgan fingerprint density at radius 3 is 2.06 bits per heavy atom. The van der Waals surface area contributed by atoms with Gasteiger partial charge in [0.1, 0.15) is 6.61 Å². The largest absolute Gasteiger partial charge is 0.481 e. The molecule has 0 heterocycles. The van der Waals surface area contributed by atoms with Crippen LogP contribution in [0, 0.1) is 5.41 Å². The van der Waals surface area contributed by atoms with E-state index >= 15 is 0 Å². The summed E-state index contributed by atoms with van der Waals surface area (Å²) in [5, 5.41) is 15.1. The van der Waals surface area contributed by atoms with Crippen molar-refractivity contribution in [2.75, 3.05) is 6.61 Å². The van der Waals surface area contributed by atoms with Crippen LogP contribution in [0.25, 0.3) is 11.1 Å². The summed E-state index contributed by atoms with van der Waals surface area (Å²) >= 11 is 0. The number of hydrogen-bond acceptors (Lipinski definition) is 4. The first kappa shape index (κ1) is 26.3. The van der Waals surface area contributed by atoms with Gasteiger partial charge in [-0.2, -0.15) is 0 Å². The number of fused-ring (bicyclic) bond motifs is 3. The lowest BCUT2D eigenvalue weighted by Gasteiger charge is -2.38. The normalized spacial score (nSPS) is 14.0. The minimum absolute atomic E-state index is 0.00515. The first-order chi connectivity index (χ1) is 16.4. The van der Waals surface area contributed by atoms with Crippen molar-refractivity contribution in [1.82, 2.24) is 10.6 Å². The van der Waals surface area contributed by atoms with E-state index in [0.29, 0.717) is 12.8 Å². The number of alkyl carbamates (subject to hydrolysis) is 1. The van der Waals surface area contributed by atoms with Crippen LogP contribution in [0.5, 0.6) is 0 Å². The highest BCUT2D eigenvalue weighted by Crippen LogP contribution is 2.44. The molecule has 188 valence electrons. The van der Waals surface area contributed by atoms with Crippen LogP contribution in [0.1, 0.15) is 70.9 Å². The van der Waals surface area contributed by atoms with Gasteiger partial charge >= 0.3 is 12.1 Å². The second kappa shape index (κ2) is 10.5. The van der Waals surface area contributed by atoms with Gasteiger partial charge in [-0.1, -0.05) is 48.5 Å². The summed E-state index contributed by atoms with van der Waals surface area (Å²) in [7, 11) is 0. The molecule has 0 spiro atoms. The number of benzene rings is 2. The third-order valence-corrected chi connectivity index (χ3v) is 7.30. The molecule has 0 saturated heterocycles. The van der Waals surface area contributed by atoms with E-state index in [9.17, 15) is 19.5 Å². The standard InChI is InChI=1S/C28H36N2O5/c1-18(11-10-16-24(31)30-28(4,5)27(2,3)25(32)33)29-26(34)35-17-23-21-14-8-6-12-19(21)20-13-7-9-15-22(20)23/h6-9,12-15,18,23H,10-11,16-17H2,1-5H3,(H,29,34)(H,30,31)(H,32,33). The Morgan fingerprint density at radius 2 is 1.51 bits per heavy atom. The molecular formula is C28H36N2O5. The van der Waals surface area contributed by atoms with E-state index in [1.165, 1.54) is 11.1 Å². The predicted molar refractivity (Wildman–Crippen MR) is 135 cm³/mol. The average Bonchev–Trinajstić information content (AvgIpc) is 3.11. The van der Waals surface area contributed by atoms with E-state index in [2.05, 4.69) is 34.9 Å². The molecule has 0 aliphatic heterocycles. The second-order valence-corrected chi connectivity index (χ2v) is 10.4. The van der Waals surface area contributed by atoms with Crippen LogP contribution >= 0.6 is 0 Å². The number of ether oxygens (including phenoxy) is 1. The van der Waals surface area contributed by atoms with Crippen LogP contribution in [-0.2, 0) is 14.3 Å². The van der Waals surface area contributed by atoms with Crippen molar-refractivity contribution < 1.29 is 24.2 Å². The zero-order valence-corrected chi connectivity index (χ0v) is 21.2. The highest BCUT2D eigenvalue weighted by molar-refractivity contribution is 5.81. The van der Waals surface area contributed by atoms with Gasteiger partial charge in [0.15, 0.2) is 0 Å². The number of carboxylic acid groups (broad SMARTS) is 1. The number of aliphatic carboxylic acids is 1. The summed E-state index contributed by atoms with van der Waals surface area (Å²) < 4.78 is 5.58. The number of amides is 2. The fourth-order valence-corrected chi connectivity index (χ4v) is 4.32. The minimum Gasteiger partial charge on any atom is -0.481 e. The molecule has 35 heavy (non-hydrogen) atoms. The summed E-state index contributed by atoms with van der Waals surface area (Å²) in [6.45, 7) is 8.73. The van der Waals surface area contributed by atoms with Crippen molar-refractivity contribution >= 4 is 18.0 Å². The van der Waals surface area contributed by atoms with E-state index in [-0.39, 0.29) is 30.9 Å². The van der Waals surface area contributed by atoms with E-state index in [1.54, 1.807) is 27.7 Å². The summed E-state index contributed by atoms with van der Waals surface area (Å²) in [6, 6.07) is 16.2. The lowest BCUT2D eigenvalue weighted by molar-refractivity contribution is -0.151. The van der Waals surface area contributed by atoms with Gasteiger partial charge in [0, 0.05) is 23.9 Å². The molecular weight excluding hydrogens is 444 g/mol. The van der Waals surface area contributed by atoms with Gasteiger partial charge in [0.25, 0.3) is 0 Å². The summed E-state index contributed by atoms with van der Waals surface area (Å²) in [6.07, 6.45) is 0.921. The number of carbonyl (C=O) groups excluding carboxylic acids is 2. The maximum Gasteiger partial charge on any atom is 0.407 e. The molecule has 2 amide bonds. The third-order valence-electron chi connectivity index (χ3n) is 7.30. The molecule has 0 fully saturated rings. The van der Waals surface area contributed by atoms with Crippen LogP contribution in [-0.4, -0.2) is 41.3 Å². The molecule has 1 aliphatic carbocycles. The molecule has 7 heteroatoms. The van der Waals surface area contributed by atoms with Crippen LogP contribution < -0.4 is 10.6 Å². The maximum absolute atomic E-state index is 12.4. The van der Waals surface area contributed by atoms with Crippen LogP contribution in [0.4, 0.5) is 4.79 Å². The lowest BCUT2D eigenvalue weighted by Crippen LogP contribution is -2.56. The predicted octanol–water partition coefficient (Wildman–Crippen LogP) is 5.09. The zero-order valence-electron chi connectivity index (χ0n) is 21.2. The third kappa shape index (κ3) is 5.84. The number of carboxylic acids is 1. The number of nitrogens with one attached hydrogen (secondary N) is 2. The Kier molecular flexibility index (Phi) is 7.88. The van der Waals surface area contributed by atoms with E-state index in [0.717, 1.165) is 11.1 Å². The number of carbonyl (C=O) groups is 3. The highest BCUT2D eigenvalue weighted by Gasteiger charge is 2.44. The molecule has 7 nitrogen and oxygen atoms in total. The zero-order chi connectivity index (χ0) is 25.8. The van der Waals surface area contributed by atoms with Crippen LogP contribution in [0.15, 0.2) is 48.5 Å².